The van der Waals surface area contributed by atoms with E-state index in [1.807, 2.05) is 6.92 Å². The van der Waals surface area contributed by atoms with Crippen molar-refractivity contribution in [2.24, 2.45) is 5.92 Å². The molecule has 20 heavy (non-hydrogen) atoms. The van der Waals surface area contributed by atoms with Crippen molar-refractivity contribution in [3.05, 3.63) is 29.6 Å². The Bertz CT molecular complexity index is 515. The number of amides is 1. The number of rotatable bonds is 4. The van der Waals surface area contributed by atoms with E-state index in [0.717, 1.165) is 0 Å². The minimum atomic E-state index is -0.125. The van der Waals surface area contributed by atoms with Gasteiger partial charge >= 0.3 is 0 Å². The fourth-order valence-corrected chi connectivity index (χ4v) is 1.69. The Morgan fingerprint density at radius 3 is 2.75 bits per heavy atom. The molecule has 0 radical (unpaired) electrons. The van der Waals surface area contributed by atoms with Crippen LogP contribution in [0, 0.1) is 17.8 Å². The summed E-state index contributed by atoms with van der Waals surface area (Å²) < 4.78 is 0. The maximum absolute atomic E-state index is 12.5. The van der Waals surface area contributed by atoms with Gasteiger partial charge in [-0.2, -0.15) is 0 Å². The molecule has 0 fully saturated rings. The Labute approximate surface area is 120 Å². The maximum atomic E-state index is 12.5. The van der Waals surface area contributed by atoms with E-state index in [1.165, 1.54) is 0 Å². The van der Waals surface area contributed by atoms with E-state index in [9.17, 15) is 4.79 Å². The van der Waals surface area contributed by atoms with Gasteiger partial charge < -0.3 is 10.0 Å². The number of aliphatic hydroxyl groups is 1. The SMILES string of the molecule is CC(C)C(C)N(C)C(=O)c1ncccc1C#CCCO. The number of aromatic nitrogens is 1. The van der Waals surface area contributed by atoms with Crippen LogP contribution in [-0.2, 0) is 0 Å². The van der Waals surface area contributed by atoms with Gasteiger partial charge in [0.15, 0.2) is 0 Å². The predicted molar refractivity (Wildman–Crippen MR) is 79.2 cm³/mol. The molecule has 1 unspecified atom stereocenters. The summed E-state index contributed by atoms with van der Waals surface area (Å²) in [5, 5.41) is 8.75. The molecule has 4 nitrogen and oxygen atoms in total. The monoisotopic (exact) mass is 274 g/mol. The molecule has 0 aliphatic rings. The average Bonchev–Trinajstić information content (AvgIpc) is 2.45. The highest BCUT2D eigenvalue weighted by Crippen LogP contribution is 2.13. The van der Waals surface area contributed by atoms with Crippen LogP contribution in [0.4, 0.5) is 0 Å². The normalized spacial score (nSPS) is 11.7. The number of pyridine rings is 1. The van der Waals surface area contributed by atoms with Crippen molar-refractivity contribution < 1.29 is 9.90 Å². The van der Waals surface area contributed by atoms with Crippen molar-refractivity contribution in [3.8, 4) is 11.8 Å². The van der Waals surface area contributed by atoms with Gasteiger partial charge in [-0.05, 0) is 25.0 Å². The molecule has 0 saturated heterocycles. The summed E-state index contributed by atoms with van der Waals surface area (Å²) in [6.07, 6.45) is 1.99. The van der Waals surface area contributed by atoms with Crippen LogP contribution in [0.3, 0.4) is 0 Å². The van der Waals surface area contributed by atoms with E-state index in [2.05, 4.69) is 30.7 Å². The Balaban J connectivity index is 3.02. The molecule has 1 atom stereocenters. The first-order valence-electron chi connectivity index (χ1n) is 6.81. The first-order valence-corrected chi connectivity index (χ1v) is 6.81. The van der Waals surface area contributed by atoms with E-state index in [0.29, 0.717) is 23.6 Å². The molecule has 0 spiro atoms. The van der Waals surface area contributed by atoms with Crippen molar-refractivity contribution in [2.75, 3.05) is 13.7 Å². The number of carbonyl (C=O) groups is 1. The van der Waals surface area contributed by atoms with Crippen molar-refractivity contribution in [2.45, 2.75) is 33.2 Å². The molecule has 1 N–H and O–H groups in total. The fourth-order valence-electron chi connectivity index (χ4n) is 1.69. The molecular weight excluding hydrogens is 252 g/mol. The second-order valence-electron chi connectivity index (χ2n) is 5.08. The zero-order chi connectivity index (χ0) is 15.1. The van der Waals surface area contributed by atoms with Crippen LogP contribution in [0.1, 0.15) is 43.2 Å². The Morgan fingerprint density at radius 1 is 1.45 bits per heavy atom. The predicted octanol–water partition coefficient (Wildman–Crippen LogP) is 1.93. The topological polar surface area (TPSA) is 53.4 Å². The molecule has 1 heterocycles. The van der Waals surface area contributed by atoms with E-state index >= 15 is 0 Å². The van der Waals surface area contributed by atoms with Gasteiger partial charge in [0, 0.05) is 25.7 Å². The van der Waals surface area contributed by atoms with Gasteiger partial charge in [0.25, 0.3) is 5.91 Å². The second kappa shape index (κ2) is 7.66. The van der Waals surface area contributed by atoms with Crippen molar-refractivity contribution in [1.82, 2.24) is 9.88 Å². The molecule has 108 valence electrons. The Morgan fingerprint density at radius 2 is 2.15 bits per heavy atom. The first-order chi connectivity index (χ1) is 9.49. The Hall–Kier alpha value is -1.86. The lowest BCUT2D eigenvalue weighted by Crippen LogP contribution is -2.39. The molecule has 0 bridgehead atoms. The van der Waals surface area contributed by atoms with Crippen LogP contribution < -0.4 is 0 Å². The van der Waals surface area contributed by atoms with Gasteiger partial charge in [-0.25, -0.2) is 4.98 Å². The van der Waals surface area contributed by atoms with Gasteiger partial charge in [0.05, 0.1) is 12.2 Å². The quantitative estimate of drug-likeness (QED) is 0.854. The molecule has 1 aromatic heterocycles. The zero-order valence-electron chi connectivity index (χ0n) is 12.6. The minimum absolute atomic E-state index is 0.0147. The number of hydrogen-bond donors (Lipinski definition) is 1. The van der Waals surface area contributed by atoms with Crippen molar-refractivity contribution in [1.29, 1.82) is 0 Å². The van der Waals surface area contributed by atoms with Gasteiger partial charge in [-0.15, -0.1) is 0 Å². The average molecular weight is 274 g/mol. The van der Waals surface area contributed by atoms with E-state index < -0.39 is 0 Å². The summed E-state index contributed by atoms with van der Waals surface area (Å²) in [6.45, 7) is 6.19. The van der Waals surface area contributed by atoms with Gasteiger partial charge in [-0.3, -0.25) is 4.79 Å². The summed E-state index contributed by atoms with van der Waals surface area (Å²) in [5.41, 5.74) is 0.974. The highest BCUT2D eigenvalue weighted by atomic mass is 16.2. The largest absolute Gasteiger partial charge is 0.395 e. The third-order valence-corrected chi connectivity index (χ3v) is 3.37. The van der Waals surface area contributed by atoms with Crippen LogP contribution in [-0.4, -0.2) is 40.6 Å². The third kappa shape index (κ3) is 4.07. The second-order valence-corrected chi connectivity index (χ2v) is 5.08. The van der Waals surface area contributed by atoms with Crippen LogP contribution in [0.5, 0.6) is 0 Å². The third-order valence-electron chi connectivity index (χ3n) is 3.37. The summed E-state index contributed by atoms with van der Waals surface area (Å²) in [4.78, 5) is 18.4. The standard InChI is InChI=1S/C16H22N2O2/c1-12(2)13(3)18(4)16(20)15-14(8-5-6-11-19)9-7-10-17-15/h7,9-10,12-13,19H,6,11H2,1-4H3. The minimum Gasteiger partial charge on any atom is -0.395 e. The van der Waals surface area contributed by atoms with Crippen LogP contribution in [0.15, 0.2) is 18.3 Å². The first kappa shape index (κ1) is 16.2. The molecule has 0 aliphatic carbocycles. The molecule has 0 aromatic carbocycles. The number of nitrogens with zero attached hydrogens (tertiary/aromatic N) is 2. The van der Waals surface area contributed by atoms with Crippen LogP contribution in [0.25, 0.3) is 0 Å². The smallest absolute Gasteiger partial charge is 0.273 e. The molecule has 1 rings (SSSR count). The summed E-state index contributed by atoms with van der Waals surface area (Å²) in [7, 11) is 1.78. The molecule has 0 saturated carbocycles. The fraction of sp³-hybridized carbons (Fsp3) is 0.500. The van der Waals surface area contributed by atoms with E-state index in [4.69, 9.17) is 5.11 Å². The van der Waals surface area contributed by atoms with Gasteiger partial charge in [0.1, 0.15) is 5.69 Å². The van der Waals surface area contributed by atoms with Crippen LogP contribution in [0.2, 0.25) is 0 Å². The van der Waals surface area contributed by atoms with Crippen LogP contribution >= 0.6 is 0 Å². The zero-order valence-corrected chi connectivity index (χ0v) is 12.6. The van der Waals surface area contributed by atoms with Crippen molar-refractivity contribution >= 4 is 5.91 Å². The summed E-state index contributed by atoms with van der Waals surface area (Å²) in [6, 6.07) is 3.66. The number of aliphatic hydroxyl groups excluding tert-OH is 1. The lowest BCUT2D eigenvalue weighted by Gasteiger charge is -2.27. The molecule has 1 aromatic rings. The summed E-state index contributed by atoms with van der Waals surface area (Å²) >= 11 is 0. The van der Waals surface area contributed by atoms with Gasteiger partial charge in [0.2, 0.25) is 0 Å². The summed E-state index contributed by atoms with van der Waals surface area (Å²) in [5.74, 6) is 5.97. The molecule has 4 heteroatoms. The van der Waals surface area contributed by atoms with E-state index in [1.54, 1.807) is 30.3 Å². The lowest BCUT2D eigenvalue weighted by atomic mass is 10.0. The maximum Gasteiger partial charge on any atom is 0.273 e. The number of carbonyl (C=O) groups excluding carboxylic acids is 1. The number of hydrogen-bond acceptors (Lipinski definition) is 3. The Kier molecular flexibility index (Phi) is 6.20. The van der Waals surface area contributed by atoms with Gasteiger partial charge in [-0.1, -0.05) is 25.7 Å². The lowest BCUT2D eigenvalue weighted by molar-refractivity contribution is 0.0701. The molecular formula is C16H22N2O2. The van der Waals surface area contributed by atoms with Crippen molar-refractivity contribution in [3.63, 3.8) is 0 Å². The van der Waals surface area contributed by atoms with E-state index in [-0.39, 0.29) is 18.6 Å². The molecule has 1 amide bonds. The highest BCUT2D eigenvalue weighted by molar-refractivity contribution is 5.94. The highest BCUT2D eigenvalue weighted by Gasteiger charge is 2.22. The molecule has 0 aliphatic heterocycles.